The highest BCUT2D eigenvalue weighted by atomic mass is 32.1. The number of nitrogens with zero attached hydrogens (tertiary/aromatic N) is 4. The average Bonchev–Trinajstić information content (AvgIpc) is 3.59. The number of benzene rings is 1. The van der Waals surface area contributed by atoms with Gasteiger partial charge in [0.15, 0.2) is 0 Å². The molecule has 1 atom stereocenters. The van der Waals surface area contributed by atoms with E-state index in [1.165, 1.54) is 29.8 Å². The lowest BCUT2D eigenvalue weighted by Crippen LogP contribution is -2.52. The predicted octanol–water partition coefficient (Wildman–Crippen LogP) is 3.61. The molecule has 12 heteroatoms. The van der Waals surface area contributed by atoms with E-state index >= 15 is 0 Å². The fourth-order valence-corrected chi connectivity index (χ4v) is 6.66. The summed E-state index contributed by atoms with van der Waals surface area (Å²) in [5.41, 5.74) is -1.91. The van der Waals surface area contributed by atoms with Gasteiger partial charge in [-0.25, -0.2) is 18.8 Å². The number of ether oxygens (including phenoxy) is 2. The number of fused-ring (bicyclic) bond motifs is 1. The van der Waals surface area contributed by atoms with Crippen molar-refractivity contribution >= 4 is 27.5 Å². The molecular formula is C29H34N4O7S. The number of carboxylic acids is 1. The summed E-state index contributed by atoms with van der Waals surface area (Å²) in [4.78, 5) is 40.7. The Morgan fingerprint density at radius 1 is 1.17 bits per heavy atom. The molecule has 1 saturated carbocycles. The number of aliphatic carboxylic acids is 1. The van der Waals surface area contributed by atoms with Gasteiger partial charge in [-0.1, -0.05) is 29.5 Å². The highest BCUT2D eigenvalue weighted by Crippen LogP contribution is 2.36. The molecule has 1 fully saturated rings. The fourth-order valence-electron chi connectivity index (χ4n) is 5.42. The standard InChI is InChI=1S/C29H34N4O7S/c1-17-23-24(35)33(29(2,3)27(36)37)28(38)31(26(23)41-25(17)32-15-7-14-30-32)16-22(20-8-5-6-9-21(20)39-4)40-19-12-10-18(34)11-13-19/h5-9,14-15,18-19,22,34H,10-13,16H2,1-4H3,(H,36,37)/t18?,19?,22-/m0/s1. The van der Waals surface area contributed by atoms with Crippen LogP contribution in [0.3, 0.4) is 0 Å². The first-order valence-electron chi connectivity index (χ1n) is 13.5. The molecular weight excluding hydrogens is 548 g/mol. The van der Waals surface area contributed by atoms with Gasteiger partial charge in [0.05, 0.1) is 31.2 Å². The highest BCUT2D eigenvalue weighted by molar-refractivity contribution is 7.21. The van der Waals surface area contributed by atoms with Gasteiger partial charge in [-0.3, -0.25) is 9.36 Å². The Kier molecular flexibility index (Phi) is 7.91. The average molecular weight is 583 g/mol. The van der Waals surface area contributed by atoms with E-state index in [4.69, 9.17) is 9.47 Å². The second-order valence-corrected chi connectivity index (χ2v) is 11.8. The van der Waals surface area contributed by atoms with Crippen LogP contribution < -0.4 is 16.0 Å². The minimum atomic E-state index is -1.81. The van der Waals surface area contributed by atoms with Gasteiger partial charge in [0.25, 0.3) is 5.56 Å². The summed E-state index contributed by atoms with van der Waals surface area (Å²) in [5, 5.41) is 25.3. The summed E-state index contributed by atoms with van der Waals surface area (Å²) in [7, 11) is 1.56. The van der Waals surface area contributed by atoms with Crippen molar-refractivity contribution in [2.75, 3.05) is 7.11 Å². The van der Waals surface area contributed by atoms with E-state index in [1.54, 1.807) is 37.2 Å². The molecule has 3 heterocycles. The SMILES string of the molecule is COc1ccccc1[C@H](Cn1c(=O)n(C(C)(C)C(=O)O)c(=O)c2c(C)c(-n3cccn3)sc21)OC1CCC(O)CC1. The molecule has 1 aromatic carbocycles. The smallest absolute Gasteiger partial charge is 0.333 e. The lowest BCUT2D eigenvalue weighted by molar-refractivity contribution is -0.146. The number of aliphatic hydroxyl groups is 1. The van der Waals surface area contributed by atoms with Crippen molar-refractivity contribution in [2.45, 2.75) is 76.9 Å². The summed E-state index contributed by atoms with van der Waals surface area (Å²) in [6.07, 6.45) is 4.72. The van der Waals surface area contributed by atoms with Gasteiger partial charge in [-0.2, -0.15) is 5.10 Å². The van der Waals surface area contributed by atoms with Crippen LogP contribution in [-0.2, 0) is 21.6 Å². The number of carbonyl (C=O) groups is 1. The Labute approximate surface area is 240 Å². The summed E-state index contributed by atoms with van der Waals surface area (Å²) < 4.78 is 16.2. The van der Waals surface area contributed by atoms with Crippen molar-refractivity contribution in [1.82, 2.24) is 18.9 Å². The fraction of sp³-hybridized carbons (Fsp3) is 0.448. The molecule has 1 aliphatic rings. The first kappa shape index (κ1) is 28.8. The molecule has 2 N–H and O–H groups in total. The predicted molar refractivity (Wildman–Crippen MR) is 154 cm³/mol. The Morgan fingerprint density at radius 2 is 1.88 bits per heavy atom. The molecule has 4 aromatic rings. The van der Waals surface area contributed by atoms with E-state index in [9.17, 15) is 24.6 Å². The van der Waals surface area contributed by atoms with Crippen LogP contribution in [0.1, 0.15) is 56.8 Å². The van der Waals surface area contributed by atoms with Gasteiger partial charge in [-0.05, 0) is 58.6 Å². The zero-order chi connectivity index (χ0) is 29.5. The van der Waals surface area contributed by atoms with Crippen molar-refractivity contribution in [3.63, 3.8) is 0 Å². The van der Waals surface area contributed by atoms with Crippen LogP contribution in [0, 0.1) is 6.92 Å². The van der Waals surface area contributed by atoms with Gasteiger partial charge in [0.2, 0.25) is 0 Å². The molecule has 0 bridgehead atoms. The van der Waals surface area contributed by atoms with Crippen LogP contribution in [0.25, 0.3) is 15.2 Å². The molecule has 0 amide bonds. The number of aromatic nitrogens is 4. The van der Waals surface area contributed by atoms with E-state index in [-0.39, 0.29) is 24.1 Å². The van der Waals surface area contributed by atoms with Crippen LogP contribution in [0.5, 0.6) is 5.75 Å². The lowest BCUT2D eigenvalue weighted by Gasteiger charge is -2.31. The third kappa shape index (κ3) is 5.22. The van der Waals surface area contributed by atoms with Gasteiger partial charge in [-0.15, -0.1) is 0 Å². The van der Waals surface area contributed by atoms with Crippen molar-refractivity contribution < 1.29 is 24.5 Å². The van der Waals surface area contributed by atoms with Crippen LogP contribution >= 0.6 is 11.3 Å². The van der Waals surface area contributed by atoms with E-state index in [0.29, 0.717) is 46.8 Å². The van der Waals surface area contributed by atoms with Gasteiger partial charge in [0, 0.05) is 23.5 Å². The number of rotatable bonds is 9. The van der Waals surface area contributed by atoms with Crippen molar-refractivity contribution in [2.24, 2.45) is 0 Å². The quantitative estimate of drug-likeness (QED) is 0.305. The first-order chi connectivity index (χ1) is 19.5. The minimum Gasteiger partial charge on any atom is -0.496 e. The molecule has 41 heavy (non-hydrogen) atoms. The maximum atomic E-state index is 14.1. The first-order valence-corrected chi connectivity index (χ1v) is 14.4. The van der Waals surface area contributed by atoms with Gasteiger partial charge >= 0.3 is 11.7 Å². The summed E-state index contributed by atoms with van der Waals surface area (Å²) in [6.45, 7) is 4.45. The minimum absolute atomic E-state index is 0.00321. The maximum absolute atomic E-state index is 14.1. The third-order valence-corrected chi connectivity index (χ3v) is 9.12. The normalized spacial score (nSPS) is 18.5. The molecule has 218 valence electrons. The Hall–Kier alpha value is -3.74. The van der Waals surface area contributed by atoms with Crippen LogP contribution in [0.4, 0.5) is 0 Å². The number of methoxy groups -OCH3 is 1. The topological polar surface area (TPSA) is 138 Å². The number of aryl methyl sites for hydroxylation is 1. The highest BCUT2D eigenvalue weighted by Gasteiger charge is 2.36. The summed E-state index contributed by atoms with van der Waals surface area (Å²) in [5.74, 6) is -0.725. The largest absolute Gasteiger partial charge is 0.496 e. The molecule has 0 spiro atoms. The van der Waals surface area contributed by atoms with Crippen molar-refractivity contribution in [3.05, 3.63) is 74.7 Å². The van der Waals surface area contributed by atoms with E-state index < -0.39 is 28.9 Å². The van der Waals surface area contributed by atoms with Crippen molar-refractivity contribution in [3.8, 4) is 10.8 Å². The molecule has 3 aromatic heterocycles. The lowest BCUT2D eigenvalue weighted by atomic mass is 9.94. The molecule has 0 saturated heterocycles. The van der Waals surface area contributed by atoms with Crippen LogP contribution in [0.15, 0.2) is 52.3 Å². The van der Waals surface area contributed by atoms with Crippen molar-refractivity contribution in [1.29, 1.82) is 0 Å². The van der Waals surface area contributed by atoms with E-state index in [2.05, 4.69) is 5.10 Å². The Bertz CT molecular complexity index is 1680. The Morgan fingerprint density at radius 3 is 2.51 bits per heavy atom. The molecule has 11 nitrogen and oxygen atoms in total. The van der Waals surface area contributed by atoms with Crippen LogP contribution in [0.2, 0.25) is 0 Å². The van der Waals surface area contributed by atoms with Crippen LogP contribution in [-0.4, -0.2) is 54.4 Å². The zero-order valence-corrected chi connectivity index (χ0v) is 24.3. The zero-order valence-electron chi connectivity index (χ0n) is 23.4. The second-order valence-electron chi connectivity index (χ2n) is 10.9. The summed E-state index contributed by atoms with van der Waals surface area (Å²) in [6, 6.07) is 9.14. The monoisotopic (exact) mass is 582 g/mol. The molecule has 0 radical (unpaired) electrons. The number of carboxylic acid groups (broad SMARTS) is 1. The Balaban J connectivity index is 1.74. The molecule has 1 aliphatic carbocycles. The van der Waals surface area contributed by atoms with E-state index in [0.717, 1.165) is 10.1 Å². The summed E-state index contributed by atoms with van der Waals surface area (Å²) >= 11 is 1.24. The molecule has 0 unspecified atom stereocenters. The number of hydrogen-bond donors (Lipinski definition) is 2. The molecule has 5 rings (SSSR count). The van der Waals surface area contributed by atoms with Gasteiger partial charge in [0.1, 0.15) is 27.2 Å². The van der Waals surface area contributed by atoms with Gasteiger partial charge < -0.3 is 19.7 Å². The maximum Gasteiger partial charge on any atom is 0.333 e. The second kappa shape index (κ2) is 11.3. The number of aliphatic hydroxyl groups excluding tert-OH is 1. The number of para-hydroxylation sites is 1. The molecule has 0 aliphatic heterocycles. The third-order valence-electron chi connectivity index (χ3n) is 7.82. The number of thiophene rings is 1. The number of hydrogen-bond acceptors (Lipinski definition) is 8. The van der Waals surface area contributed by atoms with E-state index in [1.807, 2.05) is 24.3 Å².